The molecule has 1 amide bonds. The predicted octanol–water partition coefficient (Wildman–Crippen LogP) is 1.80. The number of nitrogens with one attached hydrogen (secondary N) is 1. The summed E-state index contributed by atoms with van der Waals surface area (Å²) in [6.45, 7) is 3.52. The van der Waals surface area contributed by atoms with Crippen molar-refractivity contribution in [2.45, 2.75) is 26.0 Å². The van der Waals surface area contributed by atoms with Crippen molar-refractivity contribution in [1.29, 1.82) is 0 Å². The van der Waals surface area contributed by atoms with Crippen LogP contribution in [-0.2, 0) is 4.79 Å². The van der Waals surface area contributed by atoms with Crippen molar-refractivity contribution in [1.82, 2.24) is 5.32 Å². The molecular formula is C13H17NO2. The molecule has 0 spiro atoms. The Morgan fingerprint density at radius 1 is 1.31 bits per heavy atom. The summed E-state index contributed by atoms with van der Waals surface area (Å²) in [5, 5.41) is 11.8. The number of aliphatic hydroxyl groups is 1. The Morgan fingerprint density at radius 2 is 1.94 bits per heavy atom. The molecule has 1 rings (SSSR count). The van der Waals surface area contributed by atoms with E-state index in [-0.39, 0.29) is 11.9 Å². The Bertz CT molecular complexity index is 357. The van der Waals surface area contributed by atoms with Crippen LogP contribution in [0.2, 0.25) is 0 Å². The van der Waals surface area contributed by atoms with Crippen LogP contribution in [0.25, 0.3) is 0 Å². The fourth-order valence-electron chi connectivity index (χ4n) is 1.31. The van der Waals surface area contributed by atoms with E-state index in [2.05, 4.69) is 5.32 Å². The van der Waals surface area contributed by atoms with E-state index >= 15 is 0 Å². The Labute approximate surface area is 95.8 Å². The quantitative estimate of drug-likeness (QED) is 0.759. The van der Waals surface area contributed by atoms with Crippen molar-refractivity contribution in [2.24, 2.45) is 0 Å². The topological polar surface area (TPSA) is 49.3 Å². The Kier molecular flexibility index (Phi) is 4.73. The molecule has 0 aliphatic carbocycles. The maximum Gasteiger partial charge on any atom is 0.244 e. The van der Waals surface area contributed by atoms with Gasteiger partial charge in [0.2, 0.25) is 5.91 Å². The first kappa shape index (κ1) is 12.5. The van der Waals surface area contributed by atoms with Crippen LogP contribution in [0.3, 0.4) is 0 Å². The van der Waals surface area contributed by atoms with Crippen molar-refractivity contribution in [2.75, 3.05) is 0 Å². The molecule has 0 saturated heterocycles. The zero-order valence-electron chi connectivity index (χ0n) is 9.55. The third-order valence-electron chi connectivity index (χ3n) is 2.18. The van der Waals surface area contributed by atoms with E-state index in [1.54, 1.807) is 6.92 Å². The molecule has 3 nitrogen and oxygen atoms in total. The fourth-order valence-corrected chi connectivity index (χ4v) is 1.31. The van der Waals surface area contributed by atoms with Crippen molar-refractivity contribution >= 4 is 5.91 Å². The van der Waals surface area contributed by atoms with E-state index in [0.717, 1.165) is 5.56 Å². The molecule has 0 unspecified atom stereocenters. The number of hydrogen-bond donors (Lipinski definition) is 2. The minimum Gasteiger partial charge on any atom is -0.389 e. The SMILES string of the molecule is C[C@H](NC(=O)/C=C/[C@@H](C)O)c1ccccc1. The maximum absolute atomic E-state index is 11.4. The van der Waals surface area contributed by atoms with Gasteiger partial charge in [-0.2, -0.15) is 0 Å². The second-order valence-corrected chi connectivity index (χ2v) is 3.74. The first-order valence-electron chi connectivity index (χ1n) is 5.31. The van der Waals surface area contributed by atoms with E-state index in [4.69, 9.17) is 5.11 Å². The Balaban J connectivity index is 2.52. The van der Waals surface area contributed by atoms with Crippen LogP contribution < -0.4 is 5.32 Å². The van der Waals surface area contributed by atoms with Gasteiger partial charge in [0.15, 0.2) is 0 Å². The standard InChI is InChI=1S/C13H17NO2/c1-10(15)8-9-13(16)14-11(2)12-6-4-3-5-7-12/h3-11,15H,1-2H3,(H,14,16)/b9-8+/t10-,11+/m1/s1. The zero-order valence-corrected chi connectivity index (χ0v) is 9.55. The van der Waals surface area contributed by atoms with Gasteiger partial charge in [-0.15, -0.1) is 0 Å². The summed E-state index contributed by atoms with van der Waals surface area (Å²) in [5.74, 6) is -0.197. The molecule has 0 aliphatic rings. The summed E-state index contributed by atoms with van der Waals surface area (Å²) in [4.78, 5) is 11.4. The van der Waals surface area contributed by atoms with E-state index in [9.17, 15) is 4.79 Å². The van der Waals surface area contributed by atoms with Gasteiger partial charge in [-0.25, -0.2) is 0 Å². The van der Waals surface area contributed by atoms with Gasteiger partial charge in [-0.1, -0.05) is 36.4 Å². The monoisotopic (exact) mass is 219 g/mol. The lowest BCUT2D eigenvalue weighted by atomic mass is 10.1. The van der Waals surface area contributed by atoms with E-state index in [0.29, 0.717) is 0 Å². The van der Waals surface area contributed by atoms with Crippen LogP contribution in [0, 0.1) is 0 Å². The van der Waals surface area contributed by atoms with Crippen molar-refractivity contribution < 1.29 is 9.90 Å². The second-order valence-electron chi connectivity index (χ2n) is 3.74. The highest BCUT2D eigenvalue weighted by Crippen LogP contribution is 2.10. The van der Waals surface area contributed by atoms with E-state index < -0.39 is 6.10 Å². The van der Waals surface area contributed by atoms with Crippen LogP contribution in [-0.4, -0.2) is 17.1 Å². The number of amides is 1. The van der Waals surface area contributed by atoms with E-state index in [1.807, 2.05) is 37.3 Å². The van der Waals surface area contributed by atoms with Gasteiger partial charge in [-0.3, -0.25) is 4.79 Å². The number of carbonyl (C=O) groups is 1. The summed E-state index contributed by atoms with van der Waals surface area (Å²) in [6, 6.07) is 9.69. The van der Waals surface area contributed by atoms with Gasteiger partial charge in [-0.05, 0) is 19.4 Å². The summed E-state index contributed by atoms with van der Waals surface area (Å²) in [6.07, 6.45) is 2.20. The second kappa shape index (κ2) is 6.08. The lowest BCUT2D eigenvalue weighted by molar-refractivity contribution is -0.117. The largest absolute Gasteiger partial charge is 0.389 e. The molecule has 3 heteroatoms. The molecule has 0 saturated carbocycles. The van der Waals surface area contributed by atoms with Crippen LogP contribution in [0.15, 0.2) is 42.5 Å². The molecule has 2 atom stereocenters. The van der Waals surface area contributed by atoms with Crippen LogP contribution in [0.5, 0.6) is 0 Å². The van der Waals surface area contributed by atoms with Gasteiger partial charge in [0.05, 0.1) is 12.1 Å². The number of benzene rings is 1. The highest BCUT2D eigenvalue weighted by atomic mass is 16.3. The first-order chi connectivity index (χ1) is 7.59. The Hall–Kier alpha value is -1.61. The summed E-state index contributed by atoms with van der Waals surface area (Å²) in [5.41, 5.74) is 1.06. The van der Waals surface area contributed by atoms with E-state index in [1.165, 1.54) is 12.2 Å². The molecule has 1 aromatic carbocycles. The minimum absolute atomic E-state index is 0.0349. The van der Waals surface area contributed by atoms with Crippen molar-refractivity contribution in [3.63, 3.8) is 0 Å². The first-order valence-corrected chi connectivity index (χ1v) is 5.31. The smallest absolute Gasteiger partial charge is 0.244 e. The molecule has 0 radical (unpaired) electrons. The van der Waals surface area contributed by atoms with Gasteiger partial charge in [0.25, 0.3) is 0 Å². The number of hydrogen-bond acceptors (Lipinski definition) is 2. The number of carbonyl (C=O) groups excluding carboxylic acids is 1. The molecule has 16 heavy (non-hydrogen) atoms. The molecule has 0 fully saturated rings. The molecule has 0 aromatic heterocycles. The molecule has 86 valence electrons. The van der Waals surface area contributed by atoms with Gasteiger partial charge in [0.1, 0.15) is 0 Å². The minimum atomic E-state index is -0.599. The summed E-state index contributed by atoms with van der Waals surface area (Å²) >= 11 is 0. The molecule has 0 heterocycles. The molecule has 0 aliphatic heterocycles. The van der Waals surface area contributed by atoms with Crippen LogP contribution in [0.1, 0.15) is 25.5 Å². The lowest BCUT2D eigenvalue weighted by Gasteiger charge is -2.12. The molecular weight excluding hydrogens is 202 g/mol. The third kappa shape index (κ3) is 4.28. The van der Waals surface area contributed by atoms with Crippen molar-refractivity contribution in [3.8, 4) is 0 Å². The molecule has 2 N–H and O–H groups in total. The van der Waals surface area contributed by atoms with Crippen LogP contribution >= 0.6 is 0 Å². The summed E-state index contributed by atoms with van der Waals surface area (Å²) in [7, 11) is 0. The maximum atomic E-state index is 11.4. The lowest BCUT2D eigenvalue weighted by Crippen LogP contribution is -2.24. The van der Waals surface area contributed by atoms with Crippen molar-refractivity contribution in [3.05, 3.63) is 48.0 Å². The van der Waals surface area contributed by atoms with Gasteiger partial charge in [0, 0.05) is 6.08 Å². The summed E-state index contributed by atoms with van der Waals surface area (Å²) < 4.78 is 0. The average Bonchev–Trinajstić information content (AvgIpc) is 2.27. The fraction of sp³-hybridized carbons (Fsp3) is 0.308. The number of aliphatic hydroxyl groups excluding tert-OH is 1. The van der Waals surface area contributed by atoms with Gasteiger partial charge >= 0.3 is 0 Å². The normalized spacial score (nSPS) is 14.7. The Morgan fingerprint density at radius 3 is 2.50 bits per heavy atom. The highest BCUT2D eigenvalue weighted by Gasteiger charge is 2.06. The molecule has 0 bridgehead atoms. The number of rotatable bonds is 4. The zero-order chi connectivity index (χ0) is 12.0. The highest BCUT2D eigenvalue weighted by molar-refractivity contribution is 5.87. The third-order valence-corrected chi connectivity index (χ3v) is 2.18. The molecule has 1 aromatic rings. The van der Waals surface area contributed by atoms with Crippen LogP contribution in [0.4, 0.5) is 0 Å². The van der Waals surface area contributed by atoms with Gasteiger partial charge < -0.3 is 10.4 Å². The predicted molar refractivity (Wildman–Crippen MR) is 63.8 cm³/mol. The average molecular weight is 219 g/mol.